The highest BCUT2D eigenvalue weighted by molar-refractivity contribution is 6.03. The number of rotatable bonds is 7. The van der Waals surface area contributed by atoms with Crippen molar-refractivity contribution in [3.05, 3.63) is 77.9 Å². The summed E-state index contributed by atoms with van der Waals surface area (Å²) < 4.78 is 0. The lowest BCUT2D eigenvalue weighted by Gasteiger charge is -2.25. The predicted octanol–water partition coefficient (Wildman–Crippen LogP) is 4.35. The molecule has 148 valence electrons. The van der Waals surface area contributed by atoms with Crippen LogP contribution in [0.4, 0.5) is 17.1 Å². The molecule has 0 fully saturated rings. The molecule has 0 radical (unpaired) electrons. The van der Waals surface area contributed by atoms with Crippen LogP contribution in [0.15, 0.2) is 66.7 Å². The van der Waals surface area contributed by atoms with Gasteiger partial charge in [0.25, 0.3) is 0 Å². The molecule has 3 aromatic carbocycles. The molecular formula is C23H23N3O3. The van der Waals surface area contributed by atoms with Gasteiger partial charge >= 0.3 is 5.97 Å². The van der Waals surface area contributed by atoms with Crippen LogP contribution in [0.1, 0.15) is 27.6 Å². The average molecular weight is 389 g/mol. The molecule has 0 aliphatic heterocycles. The van der Waals surface area contributed by atoms with Gasteiger partial charge in [0.05, 0.1) is 16.9 Å². The first-order chi connectivity index (χ1) is 13.9. The van der Waals surface area contributed by atoms with Gasteiger partial charge in [-0.25, -0.2) is 4.79 Å². The summed E-state index contributed by atoms with van der Waals surface area (Å²) in [4.78, 5) is 25.7. The summed E-state index contributed by atoms with van der Waals surface area (Å²) in [7, 11) is 1.77. The van der Waals surface area contributed by atoms with Gasteiger partial charge < -0.3 is 21.1 Å². The Morgan fingerprint density at radius 3 is 2.34 bits per heavy atom. The van der Waals surface area contributed by atoms with Crippen LogP contribution < -0.4 is 16.0 Å². The number of carboxylic acids is 1. The Bertz CT molecular complexity index is 1050. The fourth-order valence-corrected chi connectivity index (χ4v) is 3.35. The molecule has 6 heteroatoms. The number of nitrogens with one attached hydrogen (secondary N) is 1. The molecule has 0 saturated heterocycles. The summed E-state index contributed by atoms with van der Waals surface area (Å²) in [6, 6.07) is 20.0. The van der Waals surface area contributed by atoms with Crippen LogP contribution in [0.5, 0.6) is 0 Å². The van der Waals surface area contributed by atoms with Crippen molar-refractivity contribution in [3.63, 3.8) is 0 Å². The predicted molar refractivity (Wildman–Crippen MR) is 116 cm³/mol. The van der Waals surface area contributed by atoms with Gasteiger partial charge in [0.1, 0.15) is 0 Å². The molecule has 6 nitrogen and oxygen atoms in total. The molecule has 0 atom stereocenters. The number of aromatic carboxylic acids is 1. The number of para-hydroxylation sites is 1. The third-order valence-electron chi connectivity index (χ3n) is 4.71. The Morgan fingerprint density at radius 1 is 1.00 bits per heavy atom. The van der Waals surface area contributed by atoms with Crippen molar-refractivity contribution < 1.29 is 14.7 Å². The van der Waals surface area contributed by atoms with E-state index in [1.165, 1.54) is 0 Å². The van der Waals surface area contributed by atoms with Gasteiger partial charge in [-0.15, -0.1) is 0 Å². The third kappa shape index (κ3) is 4.06. The standard InChI is InChI=1S/C23H23N3O3/c1-3-25-20-11-7-10-18(23(28)29)21(20)26(2)16-12-13-17(19(14-16)22(24)27)15-8-5-4-6-9-15/h4-14,25H,3H2,1-2H3,(H2,24,27)(H,28,29). The molecule has 0 saturated carbocycles. The second-order valence-electron chi connectivity index (χ2n) is 6.56. The van der Waals surface area contributed by atoms with Gasteiger partial charge in [0.15, 0.2) is 0 Å². The van der Waals surface area contributed by atoms with E-state index in [4.69, 9.17) is 5.73 Å². The maximum absolute atomic E-state index is 12.1. The topological polar surface area (TPSA) is 95.7 Å². The fourth-order valence-electron chi connectivity index (χ4n) is 3.35. The van der Waals surface area contributed by atoms with E-state index in [9.17, 15) is 14.7 Å². The highest BCUT2D eigenvalue weighted by Gasteiger charge is 2.20. The number of carboxylic acid groups (broad SMARTS) is 1. The van der Waals surface area contributed by atoms with Crippen molar-refractivity contribution in [1.82, 2.24) is 0 Å². The number of carbonyl (C=O) groups excluding carboxylic acids is 1. The quantitative estimate of drug-likeness (QED) is 0.558. The van der Waals surface area contributed by atoms with E-state index in [1.54, 1.807) is 30.1 Å². The molecule has 0 aromatic heterocycles. The van der Waals surface area contributed by atoms with Gasteiger partial charge in [-0.2, -0.15) is 0 Å². The van der Waals surface area contributed by atoms with E-state index >= 15 is 0 Å². The summed E-state index contributed by atoms with van der Waals surface area (Å²) in [5, 5.41) is 12.9. The highest BCUT2D eigenvalue weighted by Crippen LogP contribution is 2.36. The van der Waals surface area contributed by atoms with Crippen LogP contribution in [0.25, 0.3) is 11.1 Å². The molecule has 4 N–H and O–H groups in total. The number of anilines is 3. The van der Waals surface area contributed by atoms with Crippen LogP contribution in [-0.4, -0.2) is 30.6 Å². The normalized spacial score (nSPS) is 10.4. The average Bonchev–Trinajstić information content (AvgIpc) is 2.73. The second kappa shape index (κ2) is 8.48. The van der Waals surface area contributed by atoms with E-state index in [2.05, 4.69) is 5.32 Å². The Labute approximate surface area is 169 Å². The Hall–Kier alpha value is -3.80. The number of carbonyl (C=O) groups is 2. The van der Waals surface area contributed by atoms with E-state index in [0.29, 0.717) is 29.2 Å². The minimum atomic E-state index is -1.03. The molecule has 29 heavy (non-hydrogen) atoms. The van der Waals surface area contributed by atoms with Crippen molar-refractivity contribution in [2.24, 2.45) is 5.73 Å². The molecule has 1 amide bonds. The van der Waals surface area contributed by atoms with Gasteiger partial charge in [-0.3, -0.25) is 4.79 Å². The number of amides is 1. The highest BCUT2D eigenvalue weighted by atomic mass is 16.4. The van der Waals surface area contributed by atoms with Crippen molar-refractivity contribution in [2.45, 2.75) is 6.92 Å². The van der Waals surface area contributed by atoms with Crippen LogP contribution in [0.3, 0.4) is 0 Å². The third-order valence-corrected chi connectivity index (χ3v) is 4.71. The summed E-state index contributed by atoms with van der Waals surface area (Å²) in [5.74, 6) is -1.57. The minimum absolute atomic E-state index is 0.165. The maximum Gasteiger partial charge on any atom is 0.337 e. The number of hydrogen-bond donors (Lipinski definition) is 3. The lowest BCUT2D eigenvalue weighted by Crippen LogP contribution is -2.18. The van der Waals surface area contributed by atoms with Crippen LogP contribution in [0.2, 0.25) is 0 Å². The summed E-state index contributed by atoms with van der Waals surface area (Å²) in [5.41, 5.74) is 9.68. The van der Waals surface area contributed by atoms with Gasteiger partial charge in [0, 0.05) is 24.8 Å². The number of primary amides is 1. The first-order valence-electron chi connectivity index (χ1n) is 9.27. The fraction of sp³-hybridized carbons (Fsp3) is 0.130. The van der Waals surface area contributed by atoms with Crippen molar-refractivity contribution in [2.75, 3.05) is 23.8 Å². The molecule has 0 spiro atoms. The molecule has 0 aliphatic carbocycles. The lowest BCUT2D eigenvalue weighted by molar-refractivity contribution is 0.0697. The number of hydrogen-bond acceptors (Lipinski definition) is 4. The zero-order valence-electron chi connectivity index (χ0n) is 16.3. The van der Waals surface area contributed by atoms with Gasteiger partial charge in [0.2, 0.25) is 5.91 Å². The lowest BCUT2D eigenvalue weighted by atomic mass is 9.98. The van der Waals surface area contributed by atoms with Crippen molar-refractivity contribution in [1.29, 1.82) is 0 Å². The van der Waals surface area contributed by atoms with Gasteiger partial charge in [-0.05, 0) is 42.3 Å². The summed E-state index contributed by atoms with van der Waals surface area (Å²) >= 11 is 0. The van der Waals surface area contributed by atoms with E-state index in [-0.39, 0.29) is 5.56 Å². The van der Waals surface area contributed by atoms with E-state index < -0.39 is 11.9 Å². The molecule has 3 aromatic rings. The van der Waals surface area contributed by atoms with Crippen LogP contribution >= 0.6 is 0 Å². The largest absolute Gasteiger partial charge is 0.478 e. The smallest absolute Gasteiger partial charge is 0.337 e. The maximum atomic E-state index is 12.1. The molecule has 0 heterocycles. The SMILES string of the molecule is CCNc1cccc(C(=O)O)c1N(C)c1ccc(-c2ccccc2)c(C(N)=O)c1. The molecule has 0 aliphatic rings. The molecule has 0 unspecified atom stereocenters. The monoisotopic (exact) mass is 389 g/mol. The number of nitrogens with two attached hydrogens (primary N) is 1. The zero-order chi connectivity index (χ0) is 21.0. The zero-order valence-corrected chi connectivity index (χ0v) is 16.3. The van der Waals surface area contributed by atoms with Gasteiger partial charge in [-0.1, -0.05) is 42.5 Å². The number of benzene rings is 3. The van der Waals surface area contributed by atoms with E-state index in [0.717, 1.165) is 11.1 Å². The first-order valence-corrected chi connectivity index (χ1v) is 9.27. The first kappa shape index (κ1) is 19.9. The Morgan fingerprint density at radius 2 is 1.72 bits per heavy atom. The van der Waals surface area contributed by atoms with E-state index in [1.807, 2.05) is 55.5 Å². The molecule has 0 bridgehead atoms. The minimum Gasteiger partial charge on any atom is -0.478 e. The van der Waals surface area contributed by atoms with Crippen molar-refractivity contribution in [3.8, 4) is 11.1 Å². The van der Waals surface area contributed by atoms with Crippen LogP contribution in [-0.2, 0) is 0 Å². The summed E-state index contributed by atoms with van der Waals surface area (Å²) in [6.45, 7) is 2.58. The Balaban J connectivity index is 2.14. The summed E-state index contributed by atoms with van der Waals surface area (Å²) in [6.07, 6.45) is 0. The number of nitrogens with zero attached hydrogens (tertiary/aromatic N) is 1. The van der Waals surface area contributed by atoms with Crippen molar-refractivity contribution >= 4 is 28.9 Å². The molecule has 3 rings (SSSR count). The Kier molecular flexibility index (Phi) is 5.83. The second-order valence-corrected chi connectivity index (χ2v) is 6.56. The van der Waals surface area contributed by atoms with Crippen LogP contribution in [0, 0.1) is 0 Å². The molecular weight excluding hydrogens is 366 g/mol.